The number of amides is 1. The molecule has 28 heavy (non-hydrogen) atoms. The van der Waals surface area contributed by atoms with E-state index in [1.807, 2.05) is 0 Å². The van der Waals surface area contributed by atoms with Crippen molar-refractivity contribution in [2.45, 2.75) is 46.1 Å². The van der Waals surface area contributed by atoms with E-state index in [0.717, 1.165) is 29.7 Å². The minimum atomic E-state index is -1.05. The molecule has 0 aromatic carbocycles. The fourth-order valence-electron chi connectivity index (χ4n) is 3.14. The van der Waals surface area contributed by atoms with Crippen molar-refractivity contribution in [3.05, 3.63) is 40.2 Å². The number of fused-ring (bicyclic) bond motifs is 1. The standard InChI is InChI=1S/C20H23NO6S/c1-4-25-20(24)16-13-8-7-11(2)10-15(13)28-18(16)21-17(22)12(3)27-19(23)14-6-5-9-26-14/h5-6,9,11-12H,4,7-8,10H2,1-3H3,(H,21,22). The molecule has 1 amide bonds. The van der Waals surface area contributed by atoms with E-state index in [1.54, 1.807) is 13.0 Å². The van der Waals surface area contributed by atoms with E-state index in [1.165, 1.54) is 30.6 Å². The lowest BCUT2D eigenvalue weighted by molar-refractivity contribution is -0.123. The lowest BCUT2D eigenvalue weighted by atomic mass is 9.88. The van der Waals surface area contributed by atoms with Gasteiger partial charge in [-0.15, -0.1) is 11.3 Å². The molecule has 8 heteroatoms. The molecule has 0 bridgehead atoms. The Morgan fingerprint density at radius 3 is 2.82 bits per heavy atom. The average molecular weight is 405 g/mol. The SMILES string of the molecule is CCOC(=O)c1c(NC(=O)C(C)OC(=O)c2ccco2)sc2c1CCC(C)C2. The summed E-state index contributed by atoms with van der Waals surface area (Å²) in [6, 6.07) is 3.02. The van der Waals surface area contributed by atoms with Crippen LogP contribution in [0.1, 0.15) is 58.5 Å². The number of furan rings is 1. The normalized spacial score (nSPS) is 16.8. The third kappa shape index (κ3) is 4.27. The Morgan fingerprint density at radius 1 is 1.36 bits per heavy atom. The van der Waals surface area contributed by atoms with E-state index in [9.17, 15) is 14.4 Å². The largest absolute Gasteiger partial charge is 0.462 e. The Morgan fingerprint density at radius 2 is 2.14 bits per heavy atom. The molecular formula is C20H23NO6S. The van der Waals surface area contributed by atoms with Crippen LogP contribution in [0.25, 0.3) is 0 Å². The number of anilines is 1. The van der Waals surface area contributed by atoms with Gasteiger partial charge in [-0.25, -0.2) is 9.59 Å². The first-order valence-corrected chi connectivity index (χ1v) is 10.1. The second kappa shape index (κ2) is 8.60. The summed E-state index contributed by atoms with van der Waals surface area (Å²) in [5, 5.41) is 3.19. The van der Waals surface area contributed by atoms with Gasteiger partial charge in [0.1, 0.15) is 5.00 Å². The van der Waals surface area contributed by atoms with Crippen molar-refractivity contribution in [1.29, 1.82) is 0 Å². The van der Waals surface area contributed by atoms with Crippen LogP contribution in [0.2, 0.25) is 0 Å². The highest BCUT2D eigenvalue weighted by atomic mass is 32.1. The molecule has 0 aliphatic heterocycles. The Labute approximate surface area is 167 Å². The van der Waals surface area contributed by atoms with Crippen LogP contribution in [0.15, 0.2) is 22.8 Å². The van der Waals surface area contributed by atoms with Crippen molar-refractivity contribution >= 4 is 34.2 Å². The fraction of sp³-hybridized carbons (Fsp3) is 0.450. The highest BCUT2D eigenvalue weighted by Crippen LogP contribution is 2.40. The van der Waals surface area contributed by atoms with Crippen LogP contribution >= 0.6 is 11.3 Å². The summed E-state index contributed by atoms with van der Waals surface area (Å²) in [6.45, 7) is 5.63. The summed E-state index contributed by atoms with van der Waals surface area (Å²) in [7, 11) is 0. The van der Waals surface area contributed by atoms with Gasteiger partial charge in [-0.3, -0.25) is 4.79 Å². The predicted octanol–water partition coefficient (Wildman–Crippen LogP) is 3.83. The number of nitrogens with one attached hydrogen (secondary N) is 1. The number of thiophene rings is 1. The molecule has 0 fully saturated rings. The minimum Gasteiger partial charge on any atom is -0.462 e. The molecule has 150 valence electrons. The molecule has 2 aromatic heterocycles. The van der Waals surface area contributed by atoms with Crippen LogP contribution in [-0.2, 0) is 27.1 Å². The summed E-state index contributed by atoms with van der Waals surface area (Å²) in [6.07, 6.45) is 2.93. The molecule has 1 N–H and O–H groups in total. The molecule has 3 rings (SSSR count). The van der Waals surface area contributed by atoms with Gasteiger partial charge < -0.3 is 19.2 Å². The minimum absolute atomic E-state index is 0.0208. The molecule has 2 heterocycles. The highest BCUT2D eigenvalue weighted by Gasteiger charge is 2.30. The van der Waals surface area contributed by atoms with Crippen LogP contribution in [0.4, 0.5) is 5.00 Å². The van der Waals surface area contributed by atoms with E-state index in [-0.39, 0.29) is 12.4 Å². The van der Waals surface area contributed by atoms with Crippen LogP contribution in [0, 0.1) is 5.92 Å². The summed E-state index contributed by atoms with van der Waals surface area (Å²) < 4.78 is 15.3. The number of hydrogen-bond donors (Lipinski definition) is 1. The maximum atomic E-state index is 12.6. The zero-order valence-corrected chi connectivity index (χ0v) is 16.9. The first-order chi connectivity index (χ1) is 13.4. The van der Waals surface area contributed by atoms with E-state index in [0.29, 0.717) is 16.5 Å². The van der Waals surface area contributed by atoms with Gasteiger partial charge in [0.2, 0.25) is 5.76 Å². The number of carbonyl (C=O) groups is 3. The molecule has 0 saturated carbocycles. The Balaban J connectivity index is 1.77. The third-order valence-electron chi connectivity index (χ3n) is 4.60. The van der Waals surface area contributed by atoms with Crippen molar-refractivity contribution in [3.8, 4) is 0 Å². The van der Waals surface area contributed by atoms with Gasteiger partial charge in [0, 0.05) is 4.88 Å². The number of esters is 2. The highest BCUT2D eigenvalue weighted by molar-refractivity contribution is 7.17. The monoisotopic (exact) mass is 405 g/mol. The van der Waals surface area contributed by atoms with Gasteiger partial charge >= 0.3 is 11.9 Å². The summed E-state index contributed by atoms with van der Waals surface area (Å²) in [4.78, 5) is 38.1. The van der Waals surface area contributed by atoms with Crippen LogP contribution in [0.3, 0.4) is 0 Å². The quantitative estimate of drug-likeness (QED) is 0.734. The lowest BCUT2D eigenvalue weighted by Gasteiger charge is -2.18. The topological polar surface area (TPSA) is 94.8 Å². The van der Waals surface area contributed by atoms with Gasteiger partial charge in [0.25, 0.3) is 5.91 Å². The van der Waals surface area contributed by atoms with Crippen molar-refractivity contribution in [1.82, 2.24) is 0 Å². The summed E-state index contributed by atoms with van der Waals surface area (Å²) in [5.41, 5.74) is 1.38. The molecule has 2 atom stereocenters. The summed E-state index contributed by atoms with van der Waals surface area (Å²) in [5.74, 6) is -1.13. The molecule has 1 aliphatic rings. The molecular weight excluding hydrogens is 382 g/mol. The zero-order chi connectivity index (χ0) is 20.3. The van der Waals surface area contributed by atoms with Gasteiger partial charge in [0.15, 0.2) is 6.10 Å². The average Bonchev–Trinajstić information content (AvgIpc) is 3.29. The summed E-state index contributed by atoms with van der Waals surface area (Å²) >= 11 is 1.39. The Bertz CT molecular complexity index is 870. The molecule has 7 nitrogen and oxygen atoms in total. The maximum Gasteiger partial charge on any atom is 0.374 e. The van der Waals surface area contributed by atoms with E-state index in [2.05, 4.69) is 12.2 Å². The van der Waals surface area contributed by atoms with E-state index in [4.69, 9.17) is 13.9 Å². The molecule has 0 spiro atoms. The van der Waals surface area contributed by atoms with Gasteiger partial charge in [-0.1, -0.05) is 6.92 Å². The number of ether oxygens (including phenoxy) is 2. The molecule has 2 aromatic rings. The lowest BCUT2D eigenvalue weighted by Crippen LogP contribution is -2.30. The predicted molar refractivity (Wildman–Crippen MR) is 104 cm³/mol. The second-order valence-corrected chi connectivity index (χ2v) is 7.90. The third-order valence-corrected chi connectivity index (χ3v) is 5.77. The van der Waals surface area contributed by atoms with Crippen molar-refractivity contribution < 1.29 is 28.3 Å². The molecule has 0 radical (unpaired) electrons. The van der Waals surface area contributed by atoms with Crippen LogP contribution < -0.4 is 5.32 Å². The van der Waals surface area contributed by atoms with E-state index < -0.39 is 23.9 Å². The van der Waals surface area contributed by atoms with Gasteiger partial charge in [-0.2, -0.15) is 0 Å². The molecule has 1 aliphatic carbocycles. The van der Waals surface area contributed by atoms with E-state index >= 15 is 0 Å². The van der Waals surface area contributed by atoms with Crippen molar-refractivity contribution in [3.63, 3.8) is 0 Å². The van der Waals surface area contributed by atoms with Gasteiger partial charge in [0.05, 0.1) is 18.4 Å². The van der Waals surface area contributed by atoms with Crippen LogP contribution in [-0.4, -0.2) is 30.6 Å². The fourth-order valence-corrected chi connectivity index (χ4v) is 4.54. The molecule has 2 unspecified atom stereocenters. The maximum absolute atomic E-state index is 12.6. The Hall–Kier alpha value is -2.61. The molecule has 0 saturated heterocycles. The number of carbonyl (C=O) groups excluding carboxylic acids is 3. The van der Waals surface area contributed by atoms with Crippen molar-refractivity contribution in [2.24, 2.45) is 5.92 Å². The first kappa shape index (κ1) is 20.1. The van der Waals surface area contributed by atoms with Crippen LogP contribution in [0.5, 0.6) is 0 Å². The van der Waals surface area contributed by atoms with Gasteiger partial charge in [-0.05, 0) is 56.7 Å². The first-order valence-electron chi connectivity index (χ1n) is 9.27. The van der Waals surface area contributed by atoms with Crippen molar-refractivity contribution in [2.75, 3.05) is 11.9 Å². The second-order valence-electron chi connectivity index (χ2n) is 6.79. The smallest absolute Gasteiger partial charge is 0.374 e. The number of hydrogen-bond acceptors (Lipinski definition) is 7. The number of rotatable bonds is 6. The Kier molecular flexibility index (Phi) is 6.18. The zero-order valence-electron chi connectivity index (χ0n) is 16.1.